The van der Waals surface area contributed by atoms with Crippen LogP contribution in [0.25, 0.3) is 0 Å². The van der Waals surface area contributed by atoms with Crippen LogP contribution in [0.3, 0.4) is 0 Å². The number of ketones is 1. The molecular formula is C15H19NO2. The van der Waals surface area contributed by atoms with Gasteiger partial charge in [0.15, 0.2) is 5.78 Å². The van der Waals surface area contributed by atoms with Crippen molar-refractivity contribution in [3.63, 3.8) is 0 Å². The van der Waals surface area contributed by atoms with E-state index in [2.05, 4.69) is 5.32 Å². The highest BCUT2D eigenvalue weighted by atomic mass is 16.5. The second kappa shape index (κ2) is 4.73. The van der Waals surface area contributed by atoms with Crippen molar-refractivity contribution >= 4 is 5.78 Å². The van der Waals surface area contributed by atoms with E-state index in [4.69, 9.17) is 4.74 Å². The molecule has 2 aliphatic rings. The molecule has 0 amide bonds. The third-order valence-corrected chi connectivity index (χ3v) is 4.19. The second-order valence-corrected chi connectivity index (χ2v) is 5.25. The highest BCUT2D eigenvalue weighted by Crippen LogP contribution is 2.33. The number of ether oxygens (including phenoxy) is 1. The van der Waals surface area contributed by atoms with Crippen LogP contribution < -0.4 is 10.1 Å². The smallest absolute Gasteiger partial charge is 0.168 e. The highest BCUT2D eigenvalue weighted by Gasteiger charge is 2.36. The summed E-state index contributed by atoms with van der Waals surface area (Å²) < 4.78 is 5.20. The Kier molecular flexibility index (Phi) is 3.08. The van der Waals surface area contributed by atoms with E-state index in [0.29, 0.717) is 11.8 Å². The monoisotopic (exact) mass is 245 g/mol. The van der Waals surface area contributed by atoms with Gasteiger partial charge in [-0.1, -0.05) is 12.5 Å². The first-order valence-electron chi connectivity index (χ1n) is 6.74. The van der Waals surface area contributed by atoms with E-state index in [9.17, 15) is 4.79 Å². The summed E-state index contributed by atoms with van der Waals surface area (Å²) >= 11 is 0. The molecule has 0 aromatic heterocycles. The van der Waals surface area contributed by atoms with Crippen LogP contribution in [0.5, 0.6) is 5.75 Å². The first kappa shape index (κ1) is 11.7. The molecule has 1 N–H and O–H groups in total. The summed E-state index contributed by atoms with van der Waals surface area (Å²) in [5, 5.41) is 3.50. The molecule has 2 unspecified atom stereocenters. The van der Waals surface area contributed by atoms with E-state index < -0.39 is 0 Å². The Bertz CT molecular complexity index is 464. The number of carbonyl (C=O) groups is 1. The molecule has 1 aliphatic carbocycles. The second-order valence-electron chi connectivity index (χ2n) is 5.25. The number of benzene rings is 1. The molecule has 1 saturated heterocycles. The summed E-state index contributed by atoms with van der Waals surface area (Å²) in [6.07, 6.45) is 4.48. The predicted molar refractivity (Wildman–Crippen MR) is 70.2 cm³/mol. The first-order valence-corrected chi connectivity index (χ1v) is 6.74. The minimum absolute atomic E-state index is 0.132. The van der Waals surface area contributed by atoms with Crippen LogP contribution in [-0.2, 0) is 6.42 Å². The maximum Gasteiger partial charge on any atom is 0.168 e. The number of carbonyl (C=O) groups excluding carboxylic acids is 1. The minimum Gasteiger partial charge on any atom is -0.497 e. The van der Waals surface area contributed by atoms with Gasteiger partial charge in [0, 0.05) is 17.5 Å². The number of Topliss-reactive ketones (excluding diaryl/α,β-unsaturated/α-hetero) is 1. The molecule has 0 spiro atoms. The van der Waals surface area contributed by atoms with Crippen molar-refractivity contribution in [2.75, 3.05) is 13.7 Å². The van der Waals surface area contributed by atoms with Crippen LogP contribution in [-0.4, -0.2) is 25.5 Å². The molecule has 1 aliphatic heterocycles. The summed E-state index contributed by atoms with van der Waals surface area (Å²) in [4.78, 5) is 12.5. The highest BCUT2D eigenvalue weighted by molar-refractivity contribution is 6.03. The topological polar surface area (TPSA) is 38.3 Å². The summed E-state index contributed by atoms with van der Waals surface area (Å²) in [6, 6.07) is 6.24. The molecule has 1 aromatic rings. The summed E-state index contributed by atoms with van der Waals surface area (Å²) in [5.74, 6) is 1.20. The lowest BCUT2D eigenvalue weighted by Gasteiger charge is -2.27. The van der Waals surface area contributed by atoms with Gasteiger partial charge in [0.2, 0.25) is 0 Å². The molecule has 3 nitrogen and oxygen atoms in total. The molecular weight excluding hydrogens is 226 g/mol. The van der Waals surface area contributed by atoms with Gasteiger partial charge in [0.05, 0.1) is 7.11 Å². The van der Waals surface area contributed by atoms with E-state index in [1.807, 2.05) is 18.2 Å². The van der Waals surface area contributed by atoms with Crippen molar-refractivity contribution < 1.29 is 9.53 Å². The lowest BCUT2D eigenvalue weighted by Crippen LogP contribution is -2.42. The van der Waals surface area contributed by atoms with Gasteiger partial charge >= 0.3 is 0 Å². The third kappa shape index (κ3) is 1.93. The lowest BCUT2D eigenvalue weighted by molar-refractivity contribution is 0.0898. The maximum absolute atomic E-state index is 12.5. The van der Waals surface area contributed by atoms with Crippen LogP contribution in [0.2, 0.25) is 0 Å². The predicted octanol–water partition coefficient (Wildman–Crippen LogP) is 2.19. The fourth-order valence-corrected chi connectivity index (χ4v) is 3.17. The molecule has 3 rings (SSSR count). The van der Waals surface area contributed by atoms with Gasteiger partial charge < -0.3 is 10.1 Å². The van der Waals surface area contributed by atoms with Crippen molar-refractivity contribution in [2.24, 2.45) is 5.92 Å². The first-order chi connectivity index (χ1) is 8.79. The summed E-state index contributed by atoms with van der Waals surface area (Å²) in [6.45, 7) is 1.05. The number of hydrogen-bond donors (Lipinski definition) is 1. The zero-order valence-corrected chi connectivity index (χ0v) is 10.7. The number of methoxy groups -OCH3 is 1. The van der Waals surface area contributed by atoms with Gasteiger partial charge in [-0.05, 0) is 43.5 Å². The van der Waals surface area contributed by atoms with Gasteiger partial charge in [-0.2, -0.15) is 0 Å². The number of rotatable bonds is 2. The number of hydrogen-bond acceptors (Lipinski definition) is 3. The van der Waals surface area contributed by atoms with Crippen LogP contribution >= 0.6 is 0 Å². The SMILES string of the molecule is COc1ccc2c(c1)C(=O)C(C1CCCCN1)C2. The maximum atomic E-state index is 12.5. The normalized spacial score (nSPS) is 27.1. The largest absolute Gasteiger partial charge is 0.497 e. The van der Waals surface area contributed by atoms with E-state index >= 15 is 0 Å². The molecule has 1 fully saturated rings. The van der Waals surface area contributed by atoms with Crippen molar-refractivity contribution in [2.45, 2.75) is 31.7 Å². The Balaban J connectivity index is 1.84. The molecule has 3 heteroatoms. The Morgan fingerprint density at radius 2 is 2.22 bits per heavy atom. The molecule has 0 radical (unpaired) electrons. The van der Waals surface area contributed by atoms with Crippen molar-refractivity contribution in [3.8, 4) is 5.75 Å². The van der Waals surface area contributed by atoms with Gasteiger partial charge in [0.1, 0.15) is 5.75 Å². The van der Waals surface area contributed by atoms with Gasteiger partial charge in [-0.15, -0.1) is 0 Å². The van der Waals surface area contributed by atoms with Crippen LogP contribution in [0.4, 0.5) is 0 Å². The average Bonchev–Trinajstić information content (AvgIpc) is 2.77. The minimum atomic E-state index is 0.132. The van der Waals surface area contributed by atoms with E-state index in [0.717, 1.165) is 30.7 Å². The van der Waals surface area contributed by atoms with Crippen LogP contribution in [0.15, 0.2) is 18.2 Å². The Hall–Kier alpha value is -1.35. The van der Waals surface area contributed by atoms with Crippen molar-refractivity contribution in [3.05, 3.63) is 29.3 Å². The summed E-state index contributed by atoms with van der Waals surface area (Å²) in [7, 11) is 1.64. The number of fused-ring (bicyclic) bond motifs is 1. The van der Waals surface area contributed by atoms with Crippen molar-refractivity contribution in [1.29, 1.82) is 0 Å². The van der Waals surface area contributed by atoms with E-state index in [1.54, 1.807) is 7.11 Å². The molecule has 96 valence electrons. The third-order valence-electron chi connectivity index (χ3n) is 4.19. The molecule has 18 heavy (non-hydrogen) atoms. The summed E-state index contributed by atoms with van der Waals surface area (Å²) in [5.41, 5.74) is 2.05. The zero-order valence-electron chi connectivity index (χ0n) is 10.7. The fourth-order valence-electron chi connectivity index (χ4n) is 3.17. The number of piperidine rings is 1. The molecule has 1 aromatic carbocycles. The van der Waals surface area contributed by atoms with Gasteiger partial charge in [-0.3, -0.25) is 4.79 Å². The van der Waals surface area contributed by atoms with Crippen LogP contribution in [0.1, 0.15) is 35.2 Å². The molecule has 2 atom stereocenters. The molecule has 0 saturated carbocycles. The van der Waals surface area contributed by atoms with E-state index in [1.165, 1.54) is 18.4 Å². The standard InChI is InChI=1S/C15H19NO2/c1-18-11-6-5-10-8-13(15(17)12(10)9-11)14-4-2-3-7-16-14/h5-6,9,13-14,16H,2-4,7-8H2,1H3. The van der Waals surface area contributed by atoms with Crippen molar-refractivity contribution in [1.82, 2.24) is 5.32 Å². The quantitative estimate of drug-likeness (QED) is 0.868. The van der Waals surface area contributed by atoms with Crippen LogP contribution in [0, 0.1) is 5.92 Å². The van der Waals surface area contributed by atoms with Gasteiger partial charge in [-0.25, -0.2) is 0 Å². The van der Waals surface area contributed by atoms with E-state index in [-0.39, 0.29) is 5.92 Å². The molecule has 1 heterocycles. The Morgan fingerprint density at radius 3 is 2.94 bits per heavy atom. The Labute approximate surface area is 108 Å². The fraction of sp³-hybridized carbons (Fsp3) is 0.533. The Morgan fingerprint density at radius 1 is 1.33 bits per heavy atom. The molecule has 0 bridgehead atoms. The zero-order chi connectivity index (χ0) is 12.5. The average molecular weight is 245 g/mol. The lowest BCUT2D eigenvalue weighted by atomic mass is 9.89. The van der Waals surface area contributed by atoms with Gasteiger partial charge in [0.25, 0.3) is 0 Å². The number of nitrogens with one attached hydrogen (secondary N) is 1.